The minimum Gasteiger partial charge on any atom is -0.393 e. The average Bonchev–Trinajstić information content (AvgIpc) is 3.25. The van der Waals surface area contributed by atoms with Gasteiger partial charge >= 0.3 is 0 Å². The number of nitrogens with zero attached hydrogens (tertiary/aromatic N) is 4. The van der Waals surface area contributed by atoms with Gasteiger partial charge in [-0.2, -0.15) is 9.61 Å². The highest BCUT2D eigenvalue weighted by molar-refractivity contribution is 5.81. The molecule has 1 fully saturated rings. The number of hydrogen-bond donors (Lipinski definition) is 1. The summed E-state index contributed by atoms with van der Waals surface area (Å²) in [6.45, 7) is 5.95. The van der Waals surface area contributed by atoms with E-state index < -0.39 is 0 Å². The summed E-state index contributed by atoms with van der Waals surface area (Å²) in [4.78, 5) is 7.48. The normalized spacial score (nSPS) is 17.7. The summed E-state index contributed by atoms with van der Waals surface area (Å²) in [5.74, 6) is 1.21. The number of rotatable bonds is 2. The summed E-state index contributed by atoms with van der Waals surface area (Å²) in [6, 6.07) is 8.65. The maximum Gasteiger partial charge on any atom is 0.165 e. The molecule has 3 aromatic rings. The molecule has 0 atom stereocenters. The van der Waals surface area contributed by atoms with Gasteiger partial charge in [0.15, 0.2) is 5.65 Å². The number of hydrogen-bond acceptors (Lipinski definition) is 4. The molecule has 1 aliphatic carbocycles. The Morgan fingerprint density at radius 1 is 1.04 bits per heavy atom. The summed E-state index contributed by atoms with van der Waals surface area (Å²) >= 11 is 0. The molecule has 0 amide bonds. The van der Waals surface area contributed by atoms with Crippen LogP contribution in [0.2, 0.25) is 0 Å². The van der Waals surface area contributed by atoms with Crippen molar-refractivity contribution in [2.75, 3.05) is 18.0 Å². The van der Waals surface area contributed by atoms with E-state index >= 15 is 0 Å². The zero-order chi connectivity index (χ0) is 18.5. The van der Waals surface area contributed by atoms with Crippen LogP contribution in [0.1, 0.15) is 41.8 Å². The van der Waals surface area contributed by atoms with Crippen LogP contribution in [0.25, 0.3) is 16.8 Å². The van der Waals surface area contributed by atoms with Crippen molar-refractivity contribution in [1.29, 1.82) is 0 Å². The minimum absolute atomic E-state index is 0.172. The Morgan fingerprint density at radius 2 is 1.78 bits per heavy atom. The monoisotopic (exact) mass is 362 g/mol. The van der Waals surface area contributed by atoms with Crippen molar-refractivity contribution in [2.45, 2.75) is 52.1 Å². The second kappa shape index (κ2) is 6.34. The summed E-state index contributed by atoms with van der Waals surface area (Å²) < 4.78 is 2.08. The predicted octanol–water partition coefficient (Wildman–Crippen LogP) is 3.46. The SMILES string of the molecule is Cc1ccc(-c2c(C)nn3c(N4CCC(O)CC4)c4c(nc23)CCC4)cc1. The molecule has 5 heteroatoms. The van der Waals surface area contributed by atoms with Crippen molar-refractivity contribution in [3.63, 3.8) is 0 Å². The van der Waals surface area contributed by atoms with Crippen molar-refractivity contribution >= 4 is 11.5 Å². The van der Waals surface area contributed by atoms with E-state index in [9.17, 15) is 5.11 Å². The maximum absolute atomic E-state index is 9.94. The zero-order valence-corrected chi connectivity index (χ0v) is 16.1. The van der Waals surface area contributed by atoms with Gasteiger partial charge < -0.3 is 10.0 Å². The Morgan fingerprint density at radius 3 is 2.52 bits per heavy atom. The van der Waals surface area contributed by atoms with E-state index in [1.165, 1.54) is 28.2 Å². The van der Waals surface area contributed by atoms with Crippen LogP contribution in [0.3, 0.4) is 0 Å². The molecule has 27 heavy (non-hydrogen) atoms. The van der Waals surface area contributed by atoms with Gasteiger partial charge in [0.2, 0.25) is 0 Å². The number of piperidine rings is 1. The molecule has 140 valence electrons. The van der Waals surface area contributed by atoms with Crippen LogP contribution in [0.15, 0.2) is 24.3 Å². The first-order chi connectivity index (χ1) is 13.1. The highest BCUT2D eigenvalue weighted by Gasteiger charge is 2.28. The molecule has 0 spiro atoms. The van der Waals surface area contributed by atoms with Crippen molar-refractivity contribution in [1.82, 2.24) is 14.6 Å². The molecule has 0 bridgehead atoms. The van der Waals surface area contributed by atoms with Gasteiger partial charge in [0.1, 0.15) is 5.82 Å². The Bertz CT molecular complexity index is 998. The summed E-state index contributed by atoms with van der Waals surface area (Å²) in [5, 5.41) is 14.9. The lowest BCUT2D eigenvalue weighted by Crippen LogP contribution is -2.37. The molecule has 1 saturated heterocycles. The van der Waals surface area contributed by atoms with Crippen LogP contribution in [0, 0.1) is 13.8 Å². The van der Waals surface area contributed by atoms with Gasteiger partial charge in [0.05, 0.1) is 11.8 Å². The predicted molar refractivity (Wildman–Crippen MR) is 107 cm³/mol. The molecule has 2 aliphatic rings. The topological polar surface area (TPSA) is 53.7 Å². The number of aromatic nitrogens is 3. The molecular formula is C22H26N4O. The summed E-state index contributed by atoms with van der Waals surface area (Å²) in [7, 11) is 0. The Balaban J connectivity index is 1.72. The highest BCUT2D eigenvalue weighted by Crippen LogP contribution is 2.36. The first-order valence-electron chi connectivity index (χ1n) is 10.0. The Hall–Kier alpha value is -2.40. The van der Waals surface area contributed by atoms with E-state index in [4.69, 9.17) is 10.1 Å². The van der Waals surface area contributed by atoms with Crippen LogP contribution < -0.4 is 4.90 Å². The van der Waals surface area contributed by atoms with Gasteiger partial charge in [-0.05, 0) is 51.5 Å². The number of anilines is 1. The lowest BCUT2D eigenvalue weighted by atomic mass is 10.0. The second-order valence-corrected chi connectivity index (χ2v) is 7.99. The van der Waals surface area contributed by atoms with E-state index in [1.807, 2.05) is 0 Å². The Labute approximate surface area is 159 Å². The largest absolute Gasteiger partial charge is 0.393 e. The van der Waals surface area contributed by atoms with E-state index in [1.54, 1.807) is 0 Å². The third kappa shape index (κ3) is 2.72. The second-order valence-electron chi connectivity index (χ2n) is 7.99. The number of aliphatic hydroxyl groups is 1. The molecule has 5 rings (SSSR count). The van der Waals surface area contributed by atoms with Gasteiger partial charge in [0.25, 0.3) is 0 Å². The average molecular weight is 362 g/mol. The molecule has 5 nitrogen and oxygen atoms in total. The molecule has 0 unspecified atom stereocenters. The number of aliphatic hydroxyl groups excluding tert-OH is 1. The molecule has 1 aliphatic heterocycles. The van der Waals surface area contributed by atoms with E-state index in [-0.39, 0.29) is 6.10 Å². The third-order valence-corrected chi connectivity index (χ3v) is 6.04. The van der Waals surface area contributed by atoms with Crippen molar-refractivity contribution in [2.24, 2.45) is 0 Å². The summed E-state index contributed by atoms with van der Waals surface area (Å²) in [5.41, 5.74) is 8.16. The number of benzene rings is 1. The lowest BCUT2D eigenvalue weighted by molar-refractivity contribution is 0.145. The first kappa shape index (κ1) is 16.8. The Kier molecular flexibility index (Phi) is 3.93. The van der Waals surface area contributed by atoms with Crippen molar-refractivity contribution < 1.29 is 5.11 Å². The number of fused-ring (bicyclic) bond motifs is 2. The van der Waals surface area contributed by atoms with Crippen molar-refractivity contribution in [3.8, 4) is 11.1 Å². The van der Waals surface area contributed by atoms with Crippen LogP contribution in [-0.4, -0.2) is 38.9 Å². The maximum atomic E-state index is 9.94. The standard InChI is InChI=1S/C22H26N4O/c1-14-6-8-16(9-7-14)20-15(2)24-26-21(20)23-19-5-3-4-18(19)22(26)25-12-10-17(27)11-13-25/h6-9,17,27H,3-5,10-13H2,1-2H3. The van der Waals surface area contributed by atoms with Crippen LogP contribution in [0.5, 0.6) is 0 Å². The van der Waals surface area contributed by atoms with E-state index in [0.29, 0.717) is 0 Å². The summed E-state index contributed by atoms with van der Waals surface area (Å²) in [6.07, 6.45) is 4.76. The van der Waals surface area contributed by atoms with Gasteiger partial charge in [-0.3, -0.25) is 0 Å². The molecule has 1 N–H and O–H groups in total. The minimum atomic E-state index is -0.172. The van der Waals surface area contributed by atoms with Crippen LogP contribution in [-0.2, 0) is 12.8 Å². The van der Waals surface area contributed by atoms with E-state index in [2.05, 4.69) is 47.5 Å². The first-order valence-corrected chi connectivity index (χ1v) is 10.0. The molecule has 3 heterocycles. The van der Waals surface area contributed by atoms with Crippen molar-refractivity contribution in [3.05, 3.63) is 46.8 Å². The molecular weight excluding hydrogens is 336 g/mol. The van der Waals surface area contributed by atoms with Gasteiger partial charge in [0, 0.05) is 29.9 Å². The number of aryl methyl sites for hydroxylation is 3. The smallest absolute Gasteiger partial charge is 0.165 e. The van der Waals surface area contributed by atoms with Gasteiger partial charge in [-0.25, -0.2) is 4.98 Å². The highest BCUT2D eigenvalue weighted by atomic mass is 16.3. The van der Waals surface area contributed by atoms with Gasteiger partial charge in [-0.15, -0.1) is 0 Å². The quantitative estimate of drug-likeness (QED) is 0.758. The fourth-order valence-corrected chi connectivity index (χ4v) is 4.57. The van der Waals surface area contributed by atoms with Crippen LogP contribution in [0.4, 0.5) is 5.82 Å². The zero-order valence-electron chi connectivity index (χ0n) is 16.1. The van der Waals surface area contributed by atoms with Crippen LogP contribution >= 0.6 is 0 Å². The third-order valence-electron chi connectivity index (χ3n) is 6.04. The molecule has 1 aromatic carbocycles. The van der Waals surface area contributed by atoms with Gasteiger partial charge in [-0.1, -0.05) is 29.8 Å². The molecule has 0 radical (unpaired) electrons. The fraction of sp³-hybridized carbons (Fsp3) is 0.455. The van der Waals surface area contributed by atoms with E-state index in [0.717, 1.165) is 62.1 Å². The lowest BCUT2D eigenvalue weighted by Gasteiger charge is -2.32. The fourth-order valence-electron chi connectivity index (χ4n) is 4.57. The molecule has 0 saturated carbocycles. The molecule has 2 aromatic heterocycles.